The quantitative estimate of drug-likeness (QED) is 0.107. The van der Waals surface area contributed by atoms with Crippen molar-refractivity contribution in [1.29, 1.82) is 0 Å². The third kappa shape index (κ3) is 6.76. The number of non-ortho nitro benzene ring substituents is 1. The molecule has 0 unspecified atom stereocenters. The molecule has 34 heavy (non-hydrogen) atoms. The number of hydrogen-bond acceptors (Lipinski definition) is 4. The summed E-state index contributed by atoms with van der Waals surface area (Å²) in [6.45, 7) is 4.02. The number of aryl methyl sites for hydroxylation is 1. The van der Waals surface area contributed by atoms with Gasteiger partial charge in [0.25, 0.3) is 0 Å². The first-order valence-corrected chi connectivity index (χ1v) is 14.2. The molecule has 0 saturated carbocycles. The van der Waals surface area contributed by atoms with Gasteiger partial charge in [-0.15, -0.1) is 0 Å². The SMILES string of the molecule is CCCC/C=C([Se]c1ccccc1)\C(=C/c1ccc([N+](=O)[O-])cc1)S(=O)(=O)c1ccc(C)cc1. The van der Waals surface area contributed by atoms with E-state index in [1.165, 1.54) is 12.1 Å². The van der Waals surface area contributed by atoms with Gasteiger partial charge in [-0.1, -0.05) is 0 Å². The van der Waals surface area contributed by atoms with Crippen molar-refractivity contribution in [3.8, 4) is 0 Å². The van der Waals surface area contributed by atoms with Gasteiger partial charge in [-0.25, -0.2) is 0 Å². The molecule has 5 nitrogen and oxygen atoms in total. The van der Waals surface area contributed by atoms with E-state index in [0.29, 0.717) is 5.56 Å². The van der Waals surface area contributed by atoms with Crippen LogP contribution in [0.25, 0.3) is 6.08 Å². The number of hydrogen-bond donors (Lipinski definition) is 0. The minimum atomic E-state index is -3.82. The van der Waals surface area contributed by atoms with Gasteiger partial charge in [-0.2, -0.15) is 0 Å². The second-order valence-electron chi connectivity index (χ2n) is 7.80. The van der Waals surface area contributed by atoms with Crippen molar-refractivity contribution in [2.45, 2.75) is 38.0 Å². The maximum atomic E-state index is 13.9. The molecule has 3 aromatic carbocycles. The molecule has 176 valence electrons. The van der Waals surface area contributed by atoms with Crippen molar-refractivity contribution >= 4 is 41.0 Å². The standard InChI is InChI=1S/C27H27NO4SSe/c1-3-4-6-11-27(34-25-9-7-5-8-10-25)26(20-22-14-16-23(17-15-22)28(29)30)33(31,32)24-18-12-21(2)13-19-24/h5,7-20H,3-4,6H2,1-2H3/b26-20+,27-11+. The Kier molecular flexibility index (Phi) is 8.99. The molecule has 0 saturated heterocycles. The van der Waals surface area contributed by atoms with Crippen molar-refractivity contribution in [2.24, 2.45) is 0 Å². The van der Waals surface area contributed by atoms with E-state index >= 15 is 0 Å². The number of benzene rings is 3. The fourth-order valence-electron chi connectivity index (χ4n) is 3.21. The Hall–Kier alpha value is -2.99. The van der Waals surface area contributed by atoms with E-state index in [1.807, 2.05) is 43.3 Å². The summed E-state index contributed by atoms with van der Waals surface area (Å²) in [5, 5.41) is 11.1. The van der Waals surface area contributed by atoms with Crippen LogP contribution >= 0.6 is 0 Å². The normalized spacial score (nSPS) is 12.5. The topological polar surface area (TPSA) is 77.3 Å². The number of allylic oxidation sites excluding steroid dienone is 2. The van der Waals surface area contributed by atoms with E-state index in [2.05, 4.69) is 6.92 Å². The van der Waals surface area contributed by atoms with Crippen molar-refractivity contribution < 1.29 is 13.3 Å². The van der Waals surface area contributed by atoms with Gasteiger partial charge in [-0.3, -0.25) is 0 Å². The van der Waals surface area contributed by atoms with Crippen LogP contribution in [0.1, 0.15) is 37.3 Å². The Morgan fingerprint density at radius 2 is 1.62 bits per heavy atom. The summed E-state index contributed by atoms with van der Waals surface area (Å²) in [6.07, 6.45) is 6.43. The Labute approximate surface area is 207 Å². The molecule has 7 heteroatoms. The molecule has 0 aliphatic rings. The Balaban J connectivity index is 2.16. The molecule has 0 bridgehead atoms. The molecule has 0 spiro atoms. The van der Waals surface area contributed by atoms with Gasteiger partial charge in [0.2, 0.25) is 0 Å². The van der Waals surface area contributed by atoms with E-state index in [9.17, 15) is 18.5 Å². The van der Waals surface area contributed by atoms with Crippen molar-refractivity contribution in [3.63, 3.8) is 0 Å². The van der Waals surface area contributed by atoms with Crippen LogP contribution < -0.4 is 4.46 Å². The van der Waals surface area contributed by atoms with E-state index in [1.54, 1.807) is 42.5 Å². The predicted molar refractivity (Wildman–Crippen MR) is 139 cm³/mol. The molecule has 0 aromatic heterocycles. The van der Waals surface area contributed by atoms with Gasteiger partial charge in [0.05, 0.1) is 0 Å². The first-order chi connectivity index (χ1) is 16.3. The number of sulfone groups is 1. The average molecular weight is 541 g/mol. The van der Waals surface area contributed by atoms with E-state index in [0.717, 1.165) is 33.8 Å². The molecular formula is C27H27NO4SSe. The number of unbranched alkanes of at least 4 members (excludes halogenated alkanes) is 2. The maximum absolute atomic E-state index is 13.9. The van der Waals surface area contributed by atoms with Gasteiger partial charge in [-0.05, 0) is 0 Å². The van der Waals surface area contributed by atoms with E-state index in [4.69, 9.17) is 0 Å². The summed E-state index contributed by atoms with van der Waals surface area (Å²) in [5.74, 6) is 0. The van der Waals surface area contributed by atoms with Crippen LogP contribution in [0.2, 0.25) is 0 Å². The van der Waals surface area contributed by atoms with Crippen LogP contribution in [-0.2, 0) is 9.84 Å². The molecule has 0 amide bonds. The number of nitro groups is 1. The summed E-state index contributed by atoms with van der Waals surface area (Å²) in [4.78, 5) is 11.1. The van der Waals surface area contributed by atoms with Gasteiger partial charge >= 0.3 is 208 Å². The third-order valence-corrected chi connectivity index (χ3v) is 9.56. The fourth-order valence-corrected chi connectivity index (χ4v) is 7.41. The zero-order valence-corrected chi connectivity index (χ0v) is 21.7. The van der Waals surface area contributed by atoms with Gasteiger partial charge < -0.3 is 0 Å². The van der Waals surface area contributed by atoms with Crippen molar-refractivity contribution in [3.05, 3.63) is 116 Å². The van der Waals surface area contributed by atoms with Gasteiger partial charge in [0, 0.05) is 0 Å². The molecule has 0 N–H and O–H groups in total. The molecule has 0 radical (unpaired) electrons. The Bertz CT molecular complexity index is 1280. The Morgan fingerprint density at radius 3 is 2.21 bits per heavy atom. The summed E-state index contributed by atoms with van der Waals surface area (Å²) >= 11 is -0.237. The van der Waals surface area contributed by atoms with E-state index < -0.39 is 14.8 Å². The number of rotatable bonds is 10. The van der Waals surface area contributed by atoms with Crippen LogP contribution in [0, 0.1) is 17.0 Å². The van der Waals surface area contributed by atoms with Crippen LogP contribution in [0.5, 0.6) is 0 Å². The monoisotopic (exact) mass is 541 g/mol. The van der Waals surface area contributed by atoms with Crippen LogP contribution in [-0.4, -0.2) is 28.3 Å². The van der Waals surface area contributed by atoms with Crippen LogP contribution in [0.4, 0.5) is 5.69 Å². The summed E-state index contributed by atoms with van der Waals surface area (Å²) in [5.41, 5.74) is 1.54. The minimum absolute atomic E-state index is 0.0349. The van der Waals surface area contributed by atoms with Crippen LogP contribution in [0.15, 0.2) is 99.2 Å². The second-order valence-corrected chi connectivity index (χ2v) is 12.1. The predicted octanol–water partition coefficient (Wildman–Crippen LogP) is 5.82. The molecule has 0 aliphatic carbocycles. The van der Waals surface area contributed by atoms with Crippen LogP contribution in [0.3, 0.4) is 0 Å². The molecule has 0 atom stereocenters. The Morgan fingerprint density at radius 1 is 0.971 bits per heavy atom. The summed E-state index contributed by atoms with van der Waals surface area (Å²) in [7, 11) is -3.82. The van der Waals surface area contributed by atoms with Gasteiger partial charge in [0.15, 0.2) is 0 Å². The first-order valence-electron chi connectivity index (χ1n) is 11.0. The molecule has 0 fully saturated rings. The molecule has 0 heterocycles. The van der Waals surface area contributed by atoms with Crippen molar-refractivity contribution in [2.75, 3.05) is 0 Å². The second kappa shape index (κ2) is 11.9. The fraction of sp³-hybridized carbons (Fsp3) is 0.185. The molecule has 3 aromatic rings. The average Bonchev–Trinajstić information content (AvgIpc) is 2.83. The zero-order valence-electron chi connectivity index (χ0n) is 19.2. The number of nitrogens with zero attached hydrogens (tertiary/aromatic N) is 1. The molecule has 3 rings (SSSR count). The molecule has 0 aliphatic heterocycles. The first kappa shape index (κ1) is 25.6. The zero-order chi connectivity index (χ0) is 24.6. The summed E-state index contributed by atoms with van der Waals surface area (Å²) < 4.78 is 29.6. The number of nitro benzene ring substituents is 1. The summed E-state index contributed by atoms with van der Waals surface area (Å²) in [6, 6.07) is 22.7. The van der Waals surface area contributed by atoms with Crippen molar-refractivity contribution in [1.82, 2.24) is 0 Å². The van der Waals surface area contributed by atoms with Gasteiger partial charge in [0.1, 0.15) is 0 Å². The molecular weight excluding hydrogens is 513 g/mol. The van der Waals surface area contributed by atoms with E-state index in [-0.39, 0.29) is 30.4 Å². The third-order valence-electron chi connectivity index (χ3n) is 5.12.